The highest BCUT2D eigenvalue weighted by atomic mass is 16.5. The van der Waals surface area contributed by atoms with Crippen molar-refractivity contribution >= 4 is 5.96 Å². The second kappa shape index (κ2) is 9.38. The van der Waals surface area contributed by atoms with E-state index in [-0.39, 0.29) is 11.5 Å². The van der Waals surface area contributed by atoms with Gasteiger partial charge >= 0.3 is 0 Å². The van der Waals surface area contributed by atoms with Gasteiger partial charge in [0, 0.05) is 51.3 Å². The highest BCUT2D eigenvalue weighted by Gasteiger charge is 2.35. The topological polar surface area (TPSA) is 69.1 Å². The van der Waals surface area contributed by atoms with Crippen molar-refractivity contribution in [3.63, 3.8) is 0 Å². The zero-order valence-corrected chi connectivity index (χ0v) is 16.7. The molecule has 0 radical (unpaired) electrons. The molecular weight excluding hydrogens is 328 g/mol. The average Bonchev–Trinajstić information content (AvgIpc) is 3.16. The number of hydrogen-bond acceptors (Lipinski definition) is 4. The standard InChI is InChI=1S/C20H38N4O2/c1-20(9-4-3-5-18(20)25)15-22-19(21-2)23-17-6-10-24(11-7-17)13-16-8-12-26-14-16/h16-18,25H,3-15H2,1-2H3,(H2,21,22,23). The Morgan fingerprint density at radius 3 is 2.69 bits per heavy atom. The number of hydrogen-bond donors (Lipinski definition) is 3. The van der Waals surface area contributed by atoms with E-state index in [1.807, 2.05) is 7.05 Å². The number of aliphatic imine (C=N–C) groups is 1. The van der Waals surface area contributed by atoms with Gasteiger partial charge < -0.3 is 25.4 Å². The third-order valence-corrected chi connectivity index (χ3v) is 6.63. The second-order valence-corrected chi connectivity index (χ2v) is 8.79. The molecule has 0 aromatic rings. The average molecular weight is 367 g/mol. The predicted octanol–water partition coefficient (Wildman–Crippen LogP) is 1.59. The summed E-state index contributed by atoms with van der Waals surface area (Å²) in [4.78, 5) is 7.00. The summed E-state index contributed by atoms with van der Waals surface area (Å²) < 4.78 is 5.50. The van der Waals surface area contributed by atoms with E-state index in [2.05, 4.69) is 27.4 Å². The van der Waals surface area contributed by atoms with Crippen molar-refractivity contribution in [3.8, 4) is 0 Å². The fourth-order valence-electron chi connectivity index (χ4n) is 4.61. The number of aliphatic hydroxyl groups excluding tert-OH is 1. The Bertz CT molecular complexity index is 459. The summed E-state index contributed by atoms with van der Waals surface area (Å²) in [7, 11) is 1.84. The molecule has 2 heterocycles. The molecule has 6 nitrogen and oxygen atoms in total. The first-order valence-electron chi connectivity index (χ1n) is 10.5. The molecule has 26 heavy (non-hydrogen) atoms. The molecule has 150 valence electrons. The van der Waals surface area contributed by atoms with Crippen LogP contribution in [0, 0.1) is 11.3 Å². The summed E-state index contributed by atoms with van der Waals surface area (Å²) in [5.74, 6) is 1.61. The number of rotatable bonds is 5. The molecule has 0 spiro atoms. The van der Waals surface area contributed by atoms with Gasteiger partial charge in [0.25, 0.3) is 0 Å². The highest BCUT2D eigenvalue weighted by Crippen LogP contribution is 2.35. The predicted molar refractivity (Wildman–Crippen MR) is 105 cm³/mol. The highest BCUT2D eigenvalue weighted by molar-refractivity contribution is 5.80. The van der Waals surface area contributed by atoms with Crippen LogP contribution >= 0.6 is 0 Å². The fourth-order valence-corrected chi connectivity index (χ4v) is 4.61. The van der Waals surface area contributed by atoms with Crippen LogP contribution in [0.4, 0.5) is 0 Å². The second-order valence-electron chi connectivity index (χ2n) is 8.79. The van der Waals surface area contributed by atoms with Gasteiger partial charge in [0.1, 0.15) is 0 Å². The number of likely N-dealkylation sites (tertiary alicyclic amines) is 1. The van der Waals surface area contributed by atoms with Crippen molar-refractivity contribution in [2.75, 3.05) is 46.4 Å². The monoisotopic (exact) mass is 366 g/mol. The van der Waals surface area contributed by atoms with Gasteiger partial charge in [0.15, 0.2) is 5.96 Å². The lowest BCUT2D eigenvalue weighted by Crippen LogP contribution is -2.52. The maximum atomic E-state index is 10.4. The summed E-state index contributed by atoms with van der Waals surface area (Å²) in [5, 5.41) is 17.4. The summed E-state index contributed by atoms with van der Waals surface area (Å²) in [6, 6.07) is 0.487. The minimum absolute atomic E-state index is 0.0391. The van der Waals surface area contributed by atoms with Gasteiger partial charge in [0.05, 0.1) is 12.7 Å². The Hall–Kier alpha value is -0.850. The molecule has 0 amide bonds. The Balaban J connectivity index is 1.38. The van der Waals surface area contributed by atoms with Crippen LogP contribution in [-0.2, 0) is 4.74 Å². The molecule has 2 saturated heterocycles. The normalized spacial score (nSPS) is 34.8. The van der Waals surface area contributed by atoms with E-state index in [0.29, 0.717) is 6.04 Å². The van der Waals surface area contributed by atoms with Crippen LogP contribution in [0.1, 0.15) is 51.9 Å². The van der Waals surface area contributed by atoms with Gasteiger partial charge in [-0.2, -0.15) is 0 Å². The van der Waals surface area contributed by atoms with Crippen molar-refractivity contribution in [2.45, 2.75) is 64.0 Å². The molecule has 1 aliphatic carbocycles. The number of aliphatic hydroxyl groups is 1. The minimum atomic E-state index is -0.204. The maximum absolute atomic E-state index is 10.4. The lowest BCUT2D eigenvalue weighted by atomic mass is 9.73. The Labute approximate surface area is 158 Å². The smallest absolute Gasteiger partial charge is 0.191 e. The number of guanidine groups is 1. The van der Waals surface area contributed by atoms with Gasteiger partial charge in [-0.1, -0.05) is 19.8 Å². The van der Waals surface area contributed by atoms with Crippen molar-refractivity contribution in [3.05, 3.63) is 0 Å². The number of nitrogens with one attached hydrogen (secondary N) is 2. The molecule has 2 aliphatic heterocycles. The zero-order valence-electron chi connectivity index (χ0n) is 16.7. The van der Waals surface area contributed by atoms with Crippen molar-refractivity contribution in [2.24, 2.45) is 16.3 Å². The van der Waals surface area contributed by atoms with Crippen LogP contribution in [0.5, 0.6) is 0 Å². The van der Waals surface area contributed by atoms with Crippen molar-refractivity contribution in [1.29, 1.82) is 0 Å². The SMILES string of the molecule is CN=C(NCC1(C)CCCCC1O)NC1CCN(CC2CCOC2)CC1. The first kappa shape index (κ1) is 19.9. The van der Waals surface area contributed by atoms with Crippen LogP contribution < -0.4 is 10.6 Å². The van der Waals surface area contributed by atoms with E-state index in [9.17, 15) is 5.11 Å². The molecule has 6 heteroatoms. The van der Waals surface area contributed by atoms with E-state index in [1.54, 1.807) is 0 Å². The first-order valence-corrected chi connectivity index (χ1v) is 10.5. The van der Waals surface area contributed by atoms with Gasteiger partial charge in [-0.25, -0.2) is 0 Å². The maximum Gasteiger partial charge on any atom is 0.191 e. The van der Waals surface area contributed by atoms with E-state index in [1.165, 1.54) is 19.4 Å². The molecule has 3 rings (SSSR count). The molecule has 3 aliphatic rings. The quantitative estimate of drug-likeness (QED) is 0.509. The molecule has 0 bridgehead atoms. The zero-order chi connectivity index (χ0) is 18.4. The number of nitrogens with zero attached hydrogens (tertiary/aromatic N) is 2. The Kier molecular flexibility index (Phi) is 7.18. The summed E-state index contributed by atoms with van der Waals surface area (Å²) in [6.07, 6.45) is 7.71. The Morgan fingerprint density at radius 2 is 2.04 bits per heavy atom. The van der Waals surface area contributed by atoms with E-state index in [0.717, 1.165) is 76.8 Å². The first-order chi connectivity index (χ1) is 12.6. The summed E-state index contributed by atoms with van der Waals surface area (Å²) >= 11 is 0. The van der Waals surface area contributed by atoms with Crippen molar-refractivity contribution in [1.82, 2.24) is 15.5 Å². The minimum Gasteiger partial charge on any atom is -0.392 e. The molecule has 3 N–H and O–H groups in total. The third-order valence-electron chi connectivity index (χ3n) is 6.63. The van der Waals surface area contributed by atoms with Crippen molar-refractivity contribution < 1.29 is 9.84 Å². The Morgan fingerprint density at radius 1 is 1.23 bits per heavy atom. The summed E-state index contributed by atoms with van der Waals surface area (Å²) in [5.41, 5.74) is -0.0391. The molecule has 0 aromatic carbocycles. The lowest BCUT2D eigenvalue weighted by Gasteiger charge is -2.39. The van der Waals surface area contributed by atoms with E-state index < -0.39 is 0 Å². The molecule has 0 aromatic heterocycles. The van der Waals surface area contributed by atoms with Crippen LogP contribution in [0.3, 0.4) is 0 Å². The number of ether oxygens (including phenoxy) is 1. The largest absolute Gasteiger partial charge is 0.392 e. The van der Waals surface area contributed by atoms with E-state index >= 15 is 0 Å². The lowest BCUT2D eigenvalue weighted by molar-refractivity contribution is 0.00393. The van der Waals surface area contributed by atoms with Gasteiger partial charge in [-0.3, -0.25) is 4.99 Å². The van der Waals surface area contributed by atoms with E-state index in [4.69, 9.17) is 4.74 Å². The van der Waals surface area contributed by atoms with Crippen LogP contribution in [0.2, 0.25) is 0 Å². The summed E-state index contributed by atoms with van der Waals surface area (Å²) in [6.45, 7) is 8.37. The third kappa shape index (κ3) is 5.33. The van der Waals surface area contributed by atoms with Crippen LogP contribution in [0.25, 0.3) is 0 Å². The molecule has 1 saturated carbocycles. The van der Waals surface area contributed by atoms with Gasteiger partial charge in [-0.05, 0) is 38.0 Å². The van der Waals surface area contributed by atoms with Gasteiger partial charge in [-0.15, -0.1) is 0 Å². The van der Waals surface area contributed by atoms with Crippen LogP contribution in [0.15, 0.2) is 4.99 Å². The van der Waals surface area contributed by atoms with Crippen LogP contribution in [-0.4, -0.2) is 74.6 Å². The molecule has 3 fully saturated rings. The molecule has 3 unspecified atom stereocenters. The van der Waals surface area contributed by atoms with Gasteiger partial charge in [0.2, 0.25) is 0 Å². The fraction of sp³-hybridized carbons (Fsp3) is 0.950. The molecular formula is C20H38N4O2. The molecule has 3 atom stereocenters. The number of piperidine rings is 1.